The number of ether oxygens (including phenoxy) is 1. The molecule has 1 spiro atoms. The van der Waals surface area contributed by atoms with Crippen molar-refractivity contribution in [2.45, 2.75) is 30.1 Å². The monoisotopic (exact) mass is 173 g/mol. The van der Waals surface area contributed by atoms with Crippen LogP contribution in [-0.2, 0) is 4.74 Å². The van der Waals surface area contributed by atoms with Crippen molar-refractivity contribution < 1.29 is 4.74 Å². The fourth-order valence-electron chi connectivity index (χ4n) is 1.98. The molecule has 0 amide bonds. The molecule has 0 aliphatic carbocycles. The van der Waals surface area contributed by atoms with Crippen molar-refractivity contribution >= 4 is 11.8 Å². The van der Waals surface area contributed by atoms with Gasteiger partial charge in [0.05, 0.1) is 6.61 Å². The summed E-state index contributed by atoms with van der Waals surface area (Å²) < 4.78 is 5.89. The van der Waals surface area contributed by atoms with Gasteiger partial charge in [0.25, 0.3) is 0 Å². The van der Waals surface area contributed by atoms with Crippen LogP contribution in [0, 0.1) is 0 Å². The first-order chi connectivity index (χ1) is 5.31. The van der Waals surface area contributed by atoms with E-state index >= 15 is 0 Å². The van der Waals surface area contributed by atoms with Gasteiger partial charge < -0.3 is 10.5 Å². The van der Waals surface area contributed by atoms with Gasteiger partial charge in [-0.05, 0) is 19.3 Å². The van der Waals surface area contributed by atoms with Crippen molar-refractivity contribution in [1.29, 1.82) is 0 Å². The molecule has 2 aliphatic heterocycles. The molecule has 2 atom stereocenters. The fourth-order valence-corrected chi connectivity index (χ4v) is 3.45. The quantitative estimate of drug-likeness (QED) is 0.593. The zero-order valence-corrected chi connectivity index (χ0v) is 7.53. The highest BCUT2D eigenvalue weighted by Gasteiger charge is 2.39. The zero-order valence-electron chi connectivity index (χ0n) is 6.71. The van der Waals surface area contributed by atoms with Gasteiger partial charge in [0.2, 0.25) is 0 Å². The van der Waals surface area contributed by atoms with Gasteiger partial charge in [-0.3, -0.25) is 0 Å². The molecule has 0 radical (unpaired) electrons. The Bertz CT molecular complexity index is 140. The predicted octanol–water partition coefficient (Wildman–Crippen LogP) is 1.000. The lowest BCUT2D eigenvalue weighted by atomic mass is 9.95. The molecular formula is C8H15NOS. The van der Waals surface area contributed by atoms with E-state index < -0.39 is 0 Å². The third-order valence-corrected chi connectivity index (χ3v) is 4.22. The molecular weight excluding hydrogens is 158 g/mol. The molecule has 2 rings (SSSR count). The Morgan fingerprint density at radius 3 is 3.00 bits per heavy atom. The maximum absolute atomic E-state index is 5.86. The highest BCUT2D eigenvalue weighted by molar-refractivity contribution is 8.01. The molecule has 11 heavy (non-hydrogen) atoms. The van der Waals surface area contributed by atoms with Crippen LogP contribution in [0.3, 0.4) is 0 Å². The zero-order chi connectivity index (χ0) is 7.73. The summed E-state index contributed by atoms with van der Waals surface area (Å²) in [5.41, 5.74) is 5.86. The van der Waals surface area contributed by atoms with E-state index in [1.54, 1.807) is 0 Å². The predicted molar refractivity (Wildman–Crippen MR) is 47.8 cm³/mol. The number of hydrogen-bond acceptors (Lipinski definition) is 3. The average molecular weight is 173 g/mol. The molecule has 3 heteroatoms. The Hall–Kier alpha value is 0.270. The summed E-state index contributed by atoms with van der Waals surface area (Å²) in [5.74, 6) is 1.13. The summed E-state index contributed by atoms with van der Waals surface area (Å²) in [6.07, 6.45) is 3.70. The van der Waals surface area contributed by atoms with Crippen LogP contribution in [0.4, 0.5) is 0 Å². The summed E-state index contributed by atoms with van der Waals surface area (Å²) in [6.45, 7) is 1.89. The van der Waals surface area contributed by atoms with E-state index in [9.17, 15) is 0 Å². The van der Waals surface area contributed by atoms with Crippen LogP contribution in [0.1, 0.15) is 19.3 Å². The van der Waals surface area contributed by atoms with Crippen LogP contribution >= 0.6 is 11.8 Å². The van der Waals surface area contributed by atoms with E-state index in [0.717, 1.165) is 25.4 Å². The number of nitrogens with two attached hydrogens (primary N) is 1. The summed E-state index contributed by atoms with van der Waals surface area (Å²) in [6, 6.07) is 0.418. The van der Waals surface area contributed by atoms with Gasteiger partial charge in [-0.2, -0.15) is 11.8 Å². The SMILES string of the molecule is NC1CSC2(CCCOC2)C1. The minimum atomic E-state index is 0.414. The van der Waals surface area contributed by atoms with Crippen molar-refractivity contribution in [3.8, 4) is 0 Å². The molecule has 64 valence electrons. The molecule has 2 N–H and O–H groups in total. The number of thioether (sulfide) groups is 1. The Kier molecular flexibility index (Phi) is 2.12. The van der Waals surface area contributed by atoms with Gasteiger partial charge >= 0.3 is 0 Å². The number of rotatable bonds is 0. The summed E-state index contributed by atoms with van der Waals surface area (Å²) in [5, 5.41) is 0. The molecule has 2 aliphatic rings. The smallest absolute Gasteiger partial charge is 0.0613 e. The topological polar surface area (TPSA) is 35.2 Å². The van der Waals surface area contributed by atoms with Gasteiger partial charge in [0, 0.05) is 23.1 Å². The van der Waals surface area contributed by atoms with Crippen LogP contribution in [-0.4, -0.2) is 29.8 Å². The van der Waals surface area contributed by atoms with Crippen molar-refractivity contribution in [1.82, 2.24) is 0 Å². The van der Waals surface area contributed by atoms with E-state index in [0.29, 0.717) is 10.8 Å². The minimum absolute atomic E-state index is 0.414. The van der Waals surface area contributed by atoms with Crippen LogP contribution in [0.5, 0.6) is 0 Å². The Labute approximate surface area is 71.9 Å². The standard InChI is InChI=1S/C8H15NOS/c9-7-4-8(11-5-7)2-1-3-10-6-8/h7H,1-6,9H2. The first-order valence-electron chi connectivity index (χ1n) is 4.28. The molecule has 2 fully saturated rings. The molecule has 0 aromatic carbocycles. The van der Waals surface area contributed by atoms with E-state index in [2.05, 4.69) is 0 Å². The van der Waals surface area contributed by atoms with Crippen molar-refractivity contribution in [2.75, 3.05) is 19.0 Å². The van der Waals surface area contributed by atoms with E-state index in [-0.39, 0.29) is 0 Å². The lowest BCUT2D eigenvalue weighted by molar-refractivity contribution is 0.0677. The van der Waals surface area contributed by atoms with E-state index in [4.69, 9.17) is 10.5 Å². The normalized spacial score (nSPS) is 45.0. The second kappa shape index (κ2) is 2.96. The second-order valence-corrected chi connectivity index (χ2v) is 5.10. The Morgan fingerprint density at radius 1 is 1.55 bits per heavy atom. The van der Waals surface area contributed by atoms with Gasteiger partial charge in [-0.1, -0.05) is 0 Å². The lowest BCUT2D eigenvalue weighted by Crippen LogP contribution is -2.35. The van der Waals surface area contributed by atoms with Crippen LogP contribution < -0.4 is 5.73 Å². The number of hydrogen-bond donors (Lipinski definition) is 1. The van der Waals surface area contributed by atoms with Crippen molar-refractivity contribution in [3.05, 3.63) is 0 Å². The van der Waals surface area contributed by atoms with Crippen molar-refractivity contribution in [3.63, 3.8) is 0 Å². The maximum atomic E-state index is 5.86. The van der Waals surface area contributed by atoms with Crippen LogP contribution in [0.15, 0.2) is 0 Å². The van der Waals surface area contributed by atoms with Crippen LogP contribution in [0.25, 0.3) is 0 Å². The molecule has 2 unspecified atom stereocenters. The van der Waals surface area contributed by atoms with Gasteiger partial charge in [0.15, 0.2) is 0 Å². The molecule has 0 aromatic heterocycles. The minimum Gasteiger partial charge on any atom is -0.380 e. The largest absolute Gasteiger partial charge is 0.380 e. The van der Waals surface area contributed by atoms with Crippen molar-refractivity contribution in [2.24, 2.45) is 5.73 Å². The molecule has 2 heterocycles. The maximum Gasteiger partial charge on any atom is 0.0613 e. The van der Waals surface area contributed by atoms with E-state index in [1.807, 2.05) is 11.8 Å². The van der Waals surface area contributed by atoms with Gasteiger partial charge in [-0.15, -0.1) is 0 Å². The molecule has 0 aromatic rings. The van der Waals surface area contributed by atoms with Gasteiger partial charge in [-0.25, -0.2) is 0 Å². The third-order valence-electron chi connectivity index (χ3n) is 2.52. The Balaban J connectivity index is 1.98. The average Bonchev–Trinajstić information content (AvgIpc) is 2.34. The lowest BCUT2D eigenvalue weighted by Gasteiger charge is -2.32. The first kappa shape index (κ1) is 7.90. The summed E-state index contributed by atoms with van der Waals surface area (Å²) in [4.78, 5) is 0. The Morgan fingerprint density at radius 2 is 2.45 bits per heavy atom. The summed E-state index contributed by atoms with van der Waals surface area (Å²) in [7, 11) is 0. The fraction of sp³-hybridized carbons (Fsp3) is 1.00. The molecule has 2 nitrogen and oxygen atoms in total. The summed E-state index contributed by atoms with van der Waals surface area (Å²) >= 11 is 2.02. The van der Waals surface area contributed by atoms with Gasteiger partial charge in [0.1, 0.15) is 0 Å². The molecule has 0 saturated carbocycles. The highest BCUT2D eigenvalue weighted by Crippen LogP contribution is 2.43. The second-order valence-electron chi connectivity index (χ2n) is 3.61. The van der Waals surface area contributed by atoms with E-state index in [1.165, 1.54) is 12.8 Å². The highest BCUT2D eigenvalue weighted by atomic mass is 32.2. The molecule has 2 saturated heterocycles. The third kappa shape index (κ3) is 1.55. The molecule has 0 bridgehead atoms. The first-order valence-corrected chi connectivity index (χ1v) is 5.27. The van der Waals surface area contributed by atoms with Crippen LogP contribution in [0.2, 0.25) is 0 Å².